The standard InChI is InChI=1S/C40H71N3O13/c1-14-27-40(10)32(45)22(4)30(56-40)20(2)18-38(8,48)33(54-36-29(44)26(43(11)12)17-21(3)50-36)23(5)31(24(6)35(46)52-27)53-28-19-39(9,49-13)34(25(7)51-28)55-37(47)42-16-15-41/h20-31,33-34,36,44,48H,14-19,41H2,1-13H3,(H,42,47)/t20-,21-,22-,23+,24-,25+,26+,27+,28+,29-,30-,31+,33+,34?,36+,38+,39-,40+/m1/s1. The highest BCUT2D eigenvalue weighted by Crippen LogP contribution is 2.45. The summed E-state index contributed by atoms with van der Waals surface area (Å²) in [5.41, 5.74) is 1.42. The van der Waals surface area contributed by atoms with Crippen LogP contribution in [0.2, 0.25) is 0 Å². The summed E-state index contributed by atoms with van der Waals surface area (Å²) in [6.07, 6.45) is -8.19. The highest BCUT2D eigenvalue weighted by molar-refractivity contribution is 5.92. The van der Waals surface area contributed by atoms with E-state index in [0.717, 1.165) is 0 Å². The highest BCUT2D eigenvalue weighted by atomic mass is 16.7. The summed E-state index contributed by atoms with van der Waals surface area (Å²) in [6.45, 7) is 18.3. The van der Waals surface area contributed by atoms with Crippen LogP contribution in [0.25, 0.3) is 0 Å². The van der Waals surface area contributed by atoms with Gasteiger partial charge in [0.25, 0.3) is 0 Å². The van der Waals surface area contributed by atoms with Gasteiger partial charge in [0.05, 0.1) is 42.0 Å². The zero-order valence-electron chi connectivity index (χ0n) is 35.8. The number of likely N-dealkylation sites (N-methyl/N-ethyl adjacent to an activating group) is 1. The topological polar surface area (TPSA) is 207 Å². The van der Waals surface area contributed by atoms with Crippen LogP contribution in [0, 0.1) is 23.7 Å². The average Bonchev–Trinajstić information content (AvgIpc) is 3.36. The van der Waals surface area contributed by atoms with E-state index in [1.807, 2.05) is 53.6 Å². The lowest BCUT2D eigenvalue weighted by atomic mass is 9.75. The monoisotopic (exact) mass is 801 g/mol. The lowest BCUT2D eigenvalue weighted by molar-refractivity contribution is -0.317. The number of nitrogens with zero attached hydrogens (tertiary/aromatic N) is 1. The molecule has 4 rings (SSSR count). The van der Waals surface area contributed by atoms with Crippen molar-refractivity contribution in [3.8, 4) is 0 Å². The molecule has 5 N–H and O–H groups in total. The number of Topliss-reactive ketones (excluding diaryl/α,β-unsaturated/α-hetero) is 1. The molecular weight excluding hydrogens is 730 g/mol. The highest BCUT2D eigenvalue weighted by Gasteiger charge is 2.59. The van der Waals surface area contributed by atoms with Crippen LogP contribution in [-0.2, 0) is 47.5 Å². The Labute approximate surface area is 333 Å². The Morgan fingerprint density at radius 3 is 2.25 bits per heavy atom. The lowest BCUT2D eigenvalue weighted by Gasteiger charge is -2.49. The molecule has 4 heterocycles. The summed E-state index contributed by atoms with van der Waals surface area (Å²) in [6, 6.07) is -0.294. The Balaban J connectivity index is 1.78. The van der Waals surface area contributed by atoms with E-state index >= 15 is 0 Å². The first-order valence-corrected chi connectivity index (χ1v) is 20.4. The lowest BCUT2D eigenvalue weighted by Crippen LogP contribution is -2.61. The van der Waals surface area contributed by atoms with Gasteiger partial charge in [0.15, 0.2) is 30.1 Å². The van der Waals surface area contributed by atoms with Crippen molar-refractivity contribution in [3.05, 3.63) is 0 Å². The van der Waals surface area contributed by atoms with Gasteiger partial charge in [-0.25, -0.2) is 4.79 Å². The number of cyclic esters (lactones) is 1. The molecule has 0 aromatic carbocycles. The van der Waals surface area contributed by atoms with Crippen molar-refractivity contribution in [2.45, 2.75) is 179 Å². The molecule has 4 saturated heterocycles. The van der Waals surface area contributed by atoms with Gasteiger partial charge in [-0.2, -0.15) is 0 Å². The number of ketones is 1. The smallest absolute Gasteiger partial charge is 0.407 e. The maximum absolute atomic E-state index is 14.3. The summed E-state index contributed by atoms with van der Waals surface area (Å²) < 4.78 is 50.6. The first-order valence-electron chi connectivity index (χ1n) is 20.4. The molecule has 0 radical (unpaired) electrons. The SMILES string of the molecule is CC[C@@H]1OC(=O)[C@H](C)[C@@H](O[C@H]2C[C@@](C)(OC)C(OC(=O)NCCN)[C@H](C)O2)[C@H](C)[C@H](O[C@@H]2O[C@H](C)C[C@H](N(C)C)[C@H]2O)[C@@](C)(O)C[C@@H](C)[C@H]2O[C@]1(C)C(=O)[C@@H]2C. The number of aliphatic hydroxyl groups excluding tert-OH is 1. The van der Waals surface area contributed by atoms with Crippen molar-refractivity contribution in [2.24, 2.45) is 29.4 Å². The number of rotatable bonds is 10. The van der Waals surface area contributed by atoms with E-state index in [1.165, 1.54) is 7.11 Å². The Morgan fingerprint density at radius 1 is 1.00 bits per heavy atom. The predicted octanol–water partition coefficient (Wildman–Crippen LogP) is 2.52. The normalized spacial score (nSPS) is 46.7. The Hall–Kier alpha value is -1.99. The summed E-state index contributed by atoms with van der Waals surface area (Å²) >= 11 is 0. The van der Waals surface area contributed by atoms with Crippen LogP contribution in [-0.4, -0.2) is 152 Å². The second-order valence-electron chi connectivity index (χ2n) is 17.6. The molecule has 324 valence electrons. The van der Waals surface area contributed by atoms with Gasteiger partial charge in [0.1, 0.15) is 17.8 Å². The molecule has 1 amide bonds. The van der Waals surface area contributed by atoms with Crippen molar-refractivity contribution < 1.29 is 62.5 Å². The number of ether oxygens (including phenoxy) is 8. The van der Waals surface area contributed by atoms with Gasteiger partial charge in [-0.05, 0) is 80.8 Å². The molecule has 4 fully saturated rings. The summed E-state index contributed by atoms with van der Waals surface area (Å²) in [7, 11) is 5.26. The maximum atomic E-state index is 14.3. The number of methoxy groups -OCH3 is 1. The quantitative estimate of drug-likeness (QED) is 0.234. The Bertz CT molecular complexity index is 1350. The maximum Gasteiger partial charge on any atom is 0.407 e. The van der Waals surface area contributed by atoms with E-state index in [1.54, 1.807) is 34.6 Å². The largest absolute Gasteiger partial charge is 0.459 e. The molecule has 56 heavy (non-hydrogen) atoms. The zero-order valence-corrected chi connectivity index (χ0v) is 35.8. The number of carbonyl (C=O) groups excluding carboxylic acids is 3. The number of aliphatic hydroxyl groups is 2. The number of esters is 1. The molecule has 0 aromatic rings. The van der Waals surface area contributed by atoms with E-state index < -0.39 is 102 Å². The molecule has 2 bridgehead atoms. The molecule has 0 aromatic heterocycles. The average molecular weight is 802 g/mol. The first-order chi connectivity index (χ1) is 26.0. The number of fused-ring (bicyclic) bond motifs is 2. The molecule has 0 saturated carbocycles. The van der Waals surface area contributed by atoms with Crippen molar-refractivity contribution >= 4 is 17.8 Å². The van der Waals surface area contributed by atoms with Gasteiger partial charge in [0, 0.05) is 44.5 Å². The fraction of sp³-hybridized carbons (Fsp3) is 0.925. The van der Waals surface area contributed by atoms with Crippen LogP contribution in [0.5, 0.6) is 0 Å². The summed E-state index contributed by atoms with van der Waals surface area (Å²) in [5, 5.41) is 26.8. The van der Waals surface area contributed by atoms with Crippen molar-refractivity contribution in [1.82, 2.24) is 10.2 Å². The molecular formula is C40H71N3O13. The molecule has 16 nitrogen and oxygen atoms in total. The van der Waals surface area contributed by atoms with Gasteiger partial charge < -0.3 is 64.1 Å². The minimum atomic E-state index is -1.64. The van der Waals surface area contributed by atoms with Crippen LogP contribution in [0.1, 0.15) is 94.9 Å². The van der Waals surface area contributed by atoms with Gasteiger partial charge in [0.2, 0.25) is 0 Å². The number of hydrogen-bond acceptors (Lipinski definition) is 15. The van der Waals surface area contributed by atoms with Gasteiger partial charge in [-0.15, -0.1) is 0 Å². The van der Waals surface area contributed by atoms with Crippen LogP contribution >= 0.6 is 0 Å². The Kier molecular flexibility index (Phi) is 15.4. The van der Waals surface area contributed by atoms with Crippen LogP contribution in [0.3, 0.4) is 0 Å². The number of alkyl carbamates (subject to hydrolysis) is 1. The number of amides is 1. The predicted molar refractivity (Wildman–Crippen MR) is 204 cm³/mol. The van der Waals surface area contributed by atoms with E-state index in [2.05, 4.69) is 5.32 Å². The molecule has 4 aliphatic rings. The van der Waals surface area contributed by atoms with Gasteiger partial charge >= 0.3 is 12.1 Å². The molecule has 1 unspecified atom stereocenters. The van der Waals surface area contributed by atoms with Crippen molar-refractivity contribution in [1.29, 1.82) is 0 Å². The number of carbonyl (C=O) groups is 3. The molecule has 0 spiro atoms. The Morgan fingerprint density at radius 2 is 1.66 bits per heavy atom. The fourth-order valence-electron chi connectivity index (χ4n) is 9.55. The second kappa shape index (κ2) is 18.5. The minimum absolute atomic E-state index is 0.0939. The third-order valence-corrected chi connectivity index (χ3v) is 12.7. The van der Waals surface area contributed by atoms with E-state index in [-0.39, 0.29) is 49.8 Å². The van der Waals surface area contributed by atoms with Gasteiger partial charge in [-0.1, -0.05) is 27.7 Å². The number of hydrogen-bond donors (Lipinski definition) is 4. The molecule has 4 aliphatic heterocycles. The minimum Gasteiger partial charge on any atom is -0.459 e. The van der Waals surface area contributed by atoms with E-state index in [0.29, 0.717) is 12.8 Å². The van der Waals surface area contributed by atoms with Crippen molar-refractivity contribution in [3.63, 3.8) is 0 Å². The summed E-state index contributed by atoms with van der Waals surface area (Å²) in [5.74, 6) is -3.46. The van der Waals surface area contributed by atoms with Crippen molar-refractivity contribution in [2.75, 3.05) is 34.3 Å². The van der Waals surface area contributed by atoms with Crippen LogP contribution in [0.4, 0.5) is 4.79 Å². The first kappa shape index (κ1) is 46.7. The summed E-state index contributed by atoms with van der Waals surface area (Å²) in [4.78, 5) is 42.8. The zero-order chi connectivity index (χ0) is 42.1. The number of nitrogens with two attached hydrogens (primary N) is 1. The molecule has 16 heteroatoms. The van der Waals surface area contributed by atoms with Crippen LogP contribution in [0.15, 0.2) is 0 Å². The van der Waals surface area contributed by atoms with E-state index in [4.69, 9.17) is 43.6 Å². The number of nitrogens with one attached hydrogen (secondary N) is 1. The third-order valence-electron chi connectivity index (χ3n) is 12.7. The van der Waals surface area contributed by atoms with E-state index in [9.17, 15) is 24.6 Å². The van der Waals surface area contributed by atoms with Crippen LogP contribution < -0.4 is 11.1 Å². The molecule has 18 atom stereocenters. The van der Waals surface area contributed by atoms with Gasteiger partial charge in [-0.3, -0.25) is 9.59 Å². The third kappa shape index (κ3) is 9.72. The fourth-order valence-corrected chi connectivity index (χ4v) is 9.55. The molecule has 0 aliphatic carbocycles. The second-order valence-corrected chi connectivity index (χ2v) is 17.6.